The van der Waals surface area contributed by atoms with Gasteiger partial charge in [0.25, 0.3) is 0 Å². The van der Waals surface area contributed by atoms with Gasteiger partial charge >= 0.3 is 0 Å². The van der Waals surface area contributed by atoms with Crippen LogP contribution < -0.4 is 10.5 Å². The second-order valence-electron chi connectivity index (χ2n) is 5.45. The third-order valence-corrected chi connectivity index (χ3v) is 4.74. The molecular formula is C17H19BrN2O. The maximum atomic E-state index is 5.90. The first-order valence-electron chi connectivity index (χ1n) is 7.08. The number of fused-ring (bicyclic) bond motifs is 1. The van der Waals surface area contributed by atoms with Gasteiger partial charge in [-0.05, 0) is 53.4 Å². The molecular weight excluding hydrogens is 328 g/mol. The molecule has 0 fully saturated rings. The molecule has 2 N–H and O–H groups in total. The number of nitrogens with two attached hydrogens (primary N) is 1. The maximum absolute atomic E-state index is 5.90. The highest BCUT2D eigenvalue weighted by atomic mass is 79.9. The quantitative estimate of drug-likeness (QED) is 0.863. The molecule has 2 aromatic carbocycles. The first-order chi connectivity index (χ1) is 10.2. The van der Waals surface area contributed by atoms with Crippen LogP contribution >= 0.6 is 15.9 Å². The van der Waals surface area contributed by atoms with Crippen LogP contribution in [-0.4, -0.2) is 18.6 Å². The van der Waals surface area contributed by atoms with E-state index < -0.39 is 0 Å². The Bertz CT molecular complexity index is 657. The van der Waals surface area contributed by atoms with Crippen molar-refractivity contribution in [1.29, 1.82) is 0 Å². The molecule has 1 heterocycles. The van der Waals surface area contributed by atoms with Crippen LogP contribution in [0.15, 0.2) is 40.9 Å². The molecule has 3 rings (SSSR count). The topological polar surface area (TPSA) is 38.5 Å². The van der Waals surface area contributed by atoms with Crippen molar-refractivity contribution in [2.24, 2.45) is 0 Å². The standard InChI is InChI=1S/C17H19BrN2O/c1-21-16-4-5-17(18)14(9-16)11-20-7-6-12-2-3-15(19)8-13(12)10-20/h2-5,8-9H,6-7,10-11,19H2,1H3. The summed E-state index contributed by atoms with van der Waals surface area (Å²) in [6.07, 6.45) is 1.08. The molecule has 0 spiro atoms. The van der Waals surface area contributed by atoms with Crippen LogP contribution in [0.1, 0.15) is 16.7 Å². The van der Waals surface area contributed by atoms with Crippen LogP contribution in [0.4, 0.5) is 5.69 Å². The Morgan fingerprint density at radius 2 is 2.05 bits per heavy atom. The molecule has 0 saturated heterocycles. The fraction of sp³-hybridized carbons (Fsp3) is 0.294. The zero-order valence-electron chi connectivity index (χ0n) is 12.1. The van der Waals surface area contributed by atoms with E-state index in [1.165, 1.54) is 16.7 Å². The minimum Gasteiger partial charge on any atom is -0.497 e. The van der Waals surface area contributed by atoms with Crippen molar-refractivity contribution < 1.29 is 4.74 Å². The predicted molar refractivity (Wildman–Crippen MR) is 89.4 cm³/mol. The summed E-state index contributed by atoms with van der Waals surface area (Å²) in [5.74, 6) is 0.898. The number of hydrogen-bond acceptors (Lipinski definition) is 3. The average Bonchev–Trinajstić information content (AvgIpc) is 2.49. The van der Waals surface area contributed by atoms with Gasteiger partial charge in [0.2, 0.25) is 0 Å². The lowest BCUT2D eigenvalue weighted by Crippen LogP contribution is -2.30. The molecule has 0 bridgehead atoms. The minimum atomic E-state index is 0.846. The first-order valence-corrected chi connectivity index (χ1v) is 7.87. The van der Waals surface area contributed by atoms with Crippen LogP contribution in [0.2, 0.25) is 0 Å². The van der Waals surface area contributed by atoms with Gasteiger partial charge in [-0.3, -0.25) is 4.90 Å². The highest BCUT2D eigenvalue weighted by molar-refractivity contribution is 9.10. The van der Waals surface area contributed by atoms with Gasteiger partial charge in [0.1, 0.15) is 5.75 Å². The number of methoxy groups -OCH3 is 1. The number of benzene rings is 2. The SMILES string of the molecule is COc1ccc(Br)c(CN2CCc3ccc(N)cc3C2)c1. The van der Waals surface area contributed by atoms with E-state index in [0.29, 0.717) is 0 Å². The van der Waals surface area contributed by atoms with E-state index in [0.717, 1.165) is 42.0 Å². The number of rotatable bonds is 3. The minimum absolute atomic E-state index is 0.846. The van der Waals surface area contributed by atoms with Gasteiger partial charge < -0.3 is 10.5 Å². The normalized spacial score (nSPS) is 14.8. The summed E-state index contributed by atoms with van der Waals surface area (Å²) in [4.78, 5) is 2.45. The molecule has 2 aromatic rings. The van der Waals surface area contributed by atoms with E-state index in [4.69, 9.17) is 10.5 Å². The Hall–Kier alpha value is -1.52. The van der Waals surface area contributed by atoms with Crippen molar-refractivity contribution in [1.82, 2.24) is 4.90 Å². The van der Waals surface area contributed by atoms with Crippen molar-refractivity contribution in [3.8, 4) is 5.75 Å². The van der Waals surface area contributed by atoms with E-state index in [1.807, 2.05) is 18.2 Å². The zero-order chi connectivity index (χ0) is 14.8. The molecule has 0 radical (unpaired) electrons. The molecule has 0 aliphatic carbocycles. The van der Waals surface area contributed by atoms with Crippen LogP contribution in [0.3, 0.4) is 0 Å². The largest absolute Gasteiger partial charge is 0.497 e. The number of anilines is 1. The van der Waals surface area contributed by atoms with Gasteiger partial charge in [0.05, 0.1) is 7.11 Å². The van der Waals surface area contributed by atoms with Crippen molar-refractivity contribution in [3.63, 3.8) is 0 Å². The van der Waals surface area contributed by atoms with Gasteiger partial charge in [0, 0.05) is 29.8 Å². The molecule has 110 valence electrons. The summed E-state index contributed by atoms with van der Waals surface area (Å²) < 4.78 is 6.44. The monoisotopic (exact) mass is 346 g/mol. The van der Waals surface area contributed by atoms with E-state index in [1.54, 1.807) is 7.11 Å². The van der Waals surface area contributed by atoms with Crippen LogP contribution in [-0.2, 0) is 19.5 Å². The lowest BCUT2D eigenvalue weighted by atomic mass is 9.98. The summed E-state index contributed by atoms with van der Waals surface area (Å²) in [6.45, 7) is 2.93. The molecule has 1 aliphatic heterocycles. The highest BCUT2D eigenvalue weighted by Gasteiger charge is 2.17. The molecule has 0 saturated carbocycles. The lowest BCUT2D eigenvalue weighted by Gasteiger charge is -2.29. The van der Waals surface area contributed by atoms with Gasteiger partial charge in [-0.2, -0.15) is 0 Å². The molecule has 21 heavy (non-hydrogen) atoms. The number of nitrogens with zero attached hydrogens (tertiary/aromatic N) is 1. The molecule has 4 heteroatoms. The van der Waals surface area contributed by atoms with E-state index in [-0.39, 0.29) is 0 Å². The van der Waals surface area contributed by atoms with Gasteiger partial charge in [-0.15, -0.1) is 0 Å². The number of ether oxygens (including phenoxy) is 1. The molecule has 0 atom stereocenters. The van der Waals surface area contributed by atoms with Crippen molar-refractivity contribution in [2.75, 3.05) is 19.4 Å². The van der Waals surface area contributed by atoms with Crippen LogP contribution in [0, 0.1) is 0 Å². The third-order valence-electron chi connectivity index (χ3n) is 3.97. The van der Waals surface area contributed by atoms with Crippen molar-refractivity contribution in [3.05, 3.63) is 57.6 Å². The Morgan fingerprint density at radius 3 is 2.86 bits per heavy atom. The summed E-state index contributed by atoms with van der Waals surface area (Å²) in [6, 6.07) is 12.4. The number of hydrogen-bond donors (Lipinski definition) is 1. The molecule has 0 aromatic heterocycles. The second kappa shape index (κ2) is 6.08. The van der Waals surface area contributed by atoms with Crippen LogP contribution in [0.25, 0.3) is 0 Å². The second-order valence-corrected chi connectivity index (χ2v) is 6.30. The summed E-state index contributed by atoms with van der Waals surface area (Å²) in [5, 5.41) is 0. The molecule has 0 amide bonds. The Kier molecular flexibility index (Phi) is 4.17. The van der Waals surface area contributed by atoms with Crippen molar-refractivity contribution in [2.45, 2.75) is 19.5 Å². The average molecular weight is 347 g/mol. The van der Waals surface area contributed by atoms with Crippen molar-refractivity contribution >= 4 is 21.6 Å². The van der Waals surface area contributed by atoms with Gasteiger partial charge in [-0.1, -0.05) is 22.0 Å². The summed E-state index contributed by atoms with van der Waals surface area (Å²) in [7, 11) is 1.70. The Balaban J connectivity index is 1.78. The zero-order valence-corrected chi connectivity index (χ0v) is 13.7. The van der Waals surface area contributed by atoms with Crippen LogP contribution in [0.5, 0.6) is 5.75 Å². The van der Waals surface area contributed by atoms with Gasteiger partial charge in [0.15, 0.2) is 0 Å². The van der Waals surface area contributed by atoms with Gasteiger partial charge in [-0.25, -0.2) is 0 Å². The smallest absolute Gasteiger partial charge is 0.119 e. The molecule has 3 nitrogen and oxygen atoms in total. The number of nitrogen functional groups attached to an aromatic ring is 1. The summed E-state index contributed by atoms with van der Waals surface area (Å²) in [5.41, 5.74) is 10.8. The summed E-state index contributed by atoms with van der Waals surface area (Å²) >= 11 is 3.63. The lowest BCUT2D eigenvalue weighted by molar-refractivity contribution is 0.245. The van der Waals surface area contributed by atoms with E-state index in [2.05, 4.69) is 39.0 Å². The first kappa shape index (κ1) is 14.4. The fourth-order valence-corrected chi connectivity index (χ4v) is 3.18. The Morgan fingerprint density at radius 1 is 1.19 bits per heavy atom. The van der Waals surface area contributed by atoms with E-state index in [9.17, 15) is 0 Å². The van der Waals surface area contributed by atoms with E-state index >= 15 is 0 Å². The maximum Gasteiger partial charge on any atom is 0.119 e. The fourth-order valence-electron chi connectivity index (χ4n) is 2.81. The molecule has 1 aliphatic rings. The third kappa shape index (κ3) is 3.22. The number of halogens is 1. The predicted octanol–water partition coefficient (Wildman–Crippen LogP) is 3.60. The molecule has 0 unspecified atom stereocenters. The highest BCUT2D eigenvalue weighted by Crippen LogP contribution is 2.27. The Labute approximate surface area is 133 Å².